The molecule has 0 atom stereocenters. The van der Waals surface area contributed by atoms with Crippen molar-refractivity contribution in [2.24, 2.45) is 0 Å². The minimum absolute atomic E-state index is 0.194. The normalized spacial score (nSPS) is 6.94. The summed E-state index contributed by atoms with van der Waals surface area (Å²) in [6, 6.07) is 0. The molecule has 0 aromatic rings. The number of carbonyl (C=O) groups excluding carboxylic acids is 1. The van der Waals surface area contributed by atoms with Crippen molar-refractivity contribution in [2.75, 3.05) is 25.2 Å². The molecule has 7 heteroatoms. The Labute approximate surface area is 113 Å². The first-order valence-electron chi connectivity index (χ1n) is 4.92. The lowest BCUT2D eigenvalue weighted by Crippen LogP contribution is -1.95. The number of carbonyl (C=O) groups is 2. The van der Waals surface area contributed by atoms with E-state index in [0.717, 1.165) is 13.2 Å². The highest BCUT2D eigenvalue weighted by Gasteiger charge is 1.81. The molecule has 0 aromatic heterocycles. The first-order valence-corrected chi connectivity index (χ1v) is 5.99. The summed E-state index contributed by atoms with van der Waals surface area (Å²) in [7, 11) is 0. The van der Waals surface area contributed by atoms with Gasteiger partial charge in [0.1, 0.15) is 0 Å². The van der Waals surface area contributed by atoms with Crippen LogP contribution in [0.25, 0.3) is 0 Å². The molecule has 0 aliphatic carbocycles. The van der Waals surface area contributed by atoms with E-state index in [9.17, 15) is 4.79 Å². The minimum Gasteiger partial charge on any atom is -0.483 e. The fourth-order valence-corrected chi connectivity index (χ4v) is 0.407. The lowest BCUT2D eigenvalue weighted by atomic mass is 10.8. The highest BCUT2D eigenvalue weighted by Crippen LogP contribution is 1.73. The number of hydrogen-bond donors (Lipinski definition) is 1. The summed E-state index contributed by atoms with van der Waals surface area (Å²) in [6.07, 6.45) is 0. The summed E-state index contributed by atoms with van der Waals surface area (Å²) in [6.45, 7) is 9.07. The van der Waals surface area contributed by atoms with Gasteiger partial charge in [-0.2, -0.15) is 0 Å². The van der Waals surface area contributed by atoms with Crippen LogP contribution in [0.15, 0.2) is 0 Å². The SMILES string of the molecule is CCOC(C)=O.CCOCC.ClCCl.O=CO. The smallest absolute Gasteiger partial charge is 0.302 e. The van der Waals surface area contributed by atoms with Gasteiger partial charge in [-0.05, 0) is 20.8 Å². The van der Waals surface area contributed by atoms with Gasteiger partial charge in [-0.15, -0.1) is 23.2 Å². The fraction of sp³-hybridized carbons (Fsp3) is 0.800. The van der Waals surface area contributed by atoms with Crippen molar-refractivity contribution in [1.29, 1.82) is 0 Å². The van der Waals surface area contributed by atoms with E-state index >= 15 is 0 Å². The summed E-state index contributed by atoms with van der Waals surface area (Å²) in [5.41, 5.74) is 0. The molecule has 106 valence electrons. The third kappa shape index (κ3) is 140. The molecule has 0 aliphatic heterocycles. The largest absolute Gasteiger partial charge is 0.483 e. The lowest BCUT2D eigenvalue weighted by Gasteiger charge is -1.89. The lowest BCUT2D eigenvalue weighted by molar-refractivity contribution is -0.140. The Bertz CT molecular complexity index is 132. The zero-order valence-corrected chi connectivity index (χ0v) is 12.3. The monoisotopic (exact) mass is 292 g/mol. The van der Waals surface area contributed by atoms with Crippen LogP contribution in [0.1, 0.15) is 27.7 Å². The van der Waals surface area contributed by atoms with Crippen molar-refractivity contribution in [1.82, 2.24) is 0 Å². The van der Waals surface area contributed by atoms with Gasteiger partial charge in [0.15, 0.2) is 0 Å². The molecule has 0 rings (SSSR count). The molecule has 0 fully saturated rings. The van der Waals surface area contributed by atoms with Crippen molar-refractivity contribution < 1.29 is 24.2 Å². The zero-order valence-electron chi connectivity index (χ0n) is 10.7. The Morgan fingerprint density at radius 1 is 1.18 bits per heavy atom. The average molecular weight is 293 g/mol. The van der Waals surface area contributed by atoms with Crippen molar-refractivity contribution in [3.63, 3.8) is 0 Å². The molecular weight excluding hydrogens is 271 g/mol. The summed E-state index contributed by atoms with van der Waals surface area (Å²) in [4.78, 5) is 18.2. The van der Waals surface area contributed by atoms with Gasteiger partial charge in [0.25, 0.3) is 6.47 Å². The van der Waals surface area contributed by atoms with Crippen LogP contribution in [0.2, 0.25) is 0 Å². The van der Waals surface area contributed by atoms with Gasteiger partial charge in [0.05, 0.1) is 11.9 Å². The maximum absolute atomic E-state index is 9.82. The number of rotatable bonds is 3. The van der Waals surface area contributed by atoms with E-state index in [0.29, 0.717) is 6.61 Å². The van der Waals surface area contributed by atoms with E-state index in [-0.39, 0.29) is 17.8 Å². The molecule has 17 heavy (non-hydrogen) atoms. The van der Waals surface area contributed by atoms with Crippen LogP contribution in [0.3, 0.4) is 0 Å². The number of ether oxygens (including phenoxy) is 2. The van der Waals surface area contributed by atoms with Crippen molar-refractivity contribution in [2.45, 2.75) is 27.7 Å². The first-order chi connectivity index (χ1) is 8.01. The second-order valence-corrected chi connectivity index (χ2v) is 2.72. The number of esters is 1. The van der Waals surface area contributed by atoms with Crippen LogP contribution in [-0.2, 0) is 19.1 Å². The third-order valence-electron chi connectivity index (χ3n) is 0.756. The molecule has 0 spiro atoms. The maximum atomic E-state index is 9.82. The second-order valence-electron chi connectivity index (χ2n) is 1.91. The average Bonchev–Trinajstić information content (AvgIpc) is 2.21. The third-order valence-corrected chi connectivity index (χ3v) is 0.756. The van der Waals surface area contributed by atoms with Crippen LogP contribution in [0.4, 0.5) is 0 Å². The maximum Gasteiger partial charge on any atom is 0.302 e. The number of halogens is 2. The standard InChI is InChI=1S/C4H8O2.C4H10O.CH2Cl2.CH2O2/c1-3-6-4(2)5;1-3-5-4-2;2*2-1-3/h3H2,1-2H3;3-4H2,1-2H3;1H2;1H,(H,2,3). The van der Waals surface area contributed by atoms with Gasteiger partial charge in [-0.3, -0.25) is 9.59 Å². The number of alkyl halides is 2. The summed E-state index contributed by atoms with van der Waals surface area (Å²) in [5, 5.41) is 7.08. The predicted octanol–water partition coefficient (Wildman–Crippen LogP) is 2.73. The van der Waals surface area contributed by atoms with Crippen LogP contribution < -0.4 is 0 Å². The van der Waals surface area contributed by atoms with Crippen molar-refractivity contribution >= 4 is 35.6 Å². The molecule has 0 amide bonds. The Morgan fingerprint density at radius 3 is 1.47 bits per heavy atom. The van der Waals surface area contributed by atoms with Gasteiger partial charge in [-0.25, -0.2) is 0 Å². The molecule has 0 saturated carbocycles. The highest BCUT2D eigenvalue weighted by atomic mass is 35.5. The molecule has 1 N–H and O–H groups in total. The van der Waals surface area contributed by atoms with E-state index < -0.39 is 0 Å². The van der Waals surface area contributed by atoms with E-state index in [2.05, 4.69) is 4.74 Å². The second kappa shape index (κ2) is 36.1. The van der Waals surface area contributed by atoms with Crippen LogP contribution in [0, 0.1) is 0 Å². The summed E-state index contributed by atoms with van der Waals surface area (Å²) in [5.74, 6) is -0.211. The Morgan fingerprint density at radius 2 is 1.47 bits per heavy atom. The van der Waals surface area contributed by atoms with Gasteiger partial charge in [0.2, 0.25) is 0 Å². The zero-order chi connectivity index (χ0) is 14.5. The number of carboxylic acid groups (broad SMARTS) is 1. The topological polar surface area (TPSA) is 72.8 Å². The van der Waals surface area contributed by atoms with E-state index in [4.69, 9.17) is 37.8 Å². The van der Waals surface area contributed by atoms with Crippen molar-refractivity contribution in [3.8, 4) is 0 Å². The first kappa shape index (κ1) is 25.4. The highest BCUT2D eigenvalue weighted by molar-refractivity contribution is 6.40. The molecule has 0 aromatic carbocycles. The molecule has 0 radical (unpaired) electrons. The molecule has 0 heterocycles. The fourth-order valence-electron chi connectivity index (χ4n) is 0.407. The minimum atomic E-state index is -0.250. The van der Waals surface area contributed by atoms with E-state index in [1.54, 1.807) is 6.92 Å². The predicted molar refractivity (Wildman–Crippen MR) is 69.7 cm³/mol. The molecule has 0 aliphatic rings. The van der Waals surface area contributed by atoms with Crippen LogP contribution >= 0.6 is 23.2 Å². The summed E-state index contributed by atoms with van der Waals surface area (Å²) < 4.78 is 9.24. The quantitative estimate of drug-likeness (QED) is 0.492. The van der Waals surface area contributed by atoms with Crippen LogP contribution in [-0.4, -0.2) is 42.7 Å². The van der Waals surface area contributed by atoms with Gasteiger partial charge < -0.3 is 14.6 Å². The summed E-state index contributed by atoms with van der Waals surface area (Å²) >= 11 is 9.53. The Balaban J connectivity index is -0.0000000698. The molecule has 5 nitrogen and oxygen atoms in total. The Kier molecular flexibility index (Phi) is 53.9. The van der Waals surface area contributed by atoms with Gasteiger partial charge in [0, 0.05) is 20.1 Å². The molecule has 0 unspecified atom stereocenters. The number of hydrogen-bond acceptors (Lipinski definition) is 4. The van der Waals surface area contributed by atoms with E-state index in [1.165, 1.54) is 6.92 Å². The van der Waals surface area contributed by atoms with Crippen molar-refractivity contribution in [3.05, 3.63) is 0 Å². The van der Waals surface area contributed by atoms with Gasteiger partial charge in [-0.1, -0.05) is 0 Å². The van der Waals surface area contributed by atoms with Gasteiger partial charge >= 0.3 is 5.97 Å². The Hall–Kier alpha value is -0.520. The van der Waals surface area contributed by atoms with Crippen LogP contribution in [0.5, 0.6) is 0 Å². The molecule has 0 bridgehead atoms. The van der Waals surface area contributed by atoms with E-state index in [1.807, 2.05) is 13.8 Å². The molecular formula is C10H22Cl2O5. The molecule has 0 saturated heterocycles.